The molecule has 4 heterocycles. The zero-order valence-electron chi connectivity index (χ0n) is 20.6. The Kier molecular flexibility index (Phi) is 6.35. The second-order valence-corrected chi connectivity index (χ2v) is 10.5. The Morgan fingerprint density at radius 2 is 1.94 bits per heavy atom. The number of likely N-dealkylation sites (N-methyl/N-ethyl adjacent to an activating group) is 1. The molecule has 0 aliphatic carbocycles. The van der Waals surface area contributed by atoms with Gasteiger partial charge >= 0.3 is 0 Å². The van der Waals surface area contributed by atoms with Crippen LogP contribution in [-0.2, 0) is 4.74 Å². The van der Waals surface area contributed by atoms with Crippen molar-refractivity contribution in [3.05, 3.63) is 65.5 Å². The number of benzene rings is 1. The first-order valence-corrected chi connectivity index (χ1v) is 12.6. The molecule has 0 bridgehead atoms. The maximum atomic E-state index is 5.88. The minimum atomic E-state index is -0.00420. The largest absolute Gasteiger partial charge is 0.379 e. The molecule has 1 aromatic heterocycles. The Balaban J connectivity index is 1.50. The van der Waals surface area contributed by atoms with Gasteiger partial charge in [0.1, 0.15) is 0 Å². The van der Waals surface area contributed by atoms with Crippen LogP contribution in [0.15, 0.2) is 48.7 Å². The standard InChI is InChI=1S/C27H35N5OS/c1-19-18-27(2,3)30(4)23-9-8-20(17-21(19)23)25-24(22-7-5-6-10-28-22)29-26(34)32(25)12-11-31-13-15-33-16-14-31/h5-10,17-18,24-25H,11-16H2,1-4H3,(H,29,34)/t24-,25-/m1/s1. The molecule has 7 heteroatoms. The van der Waals surface area contributed by atoms with Gasteiger partial charge in [-0.15, -0.1) is 0 Å². The van der Waals surface area contributed by atoms with Crippen molar-refractivity contribution in [2.45, 2.75) is 38.4 Å². The van der Waals surface area contributed by atoms with Crippen LogP contribution in [0, 0.1) is 0 Å². The van der Waals surface area contributed by atoms with Crippen LogP contribution < -0.4 is 10.2 Å². The van der Waals surface area contributed by atoms with Crippen LogP contribution >= 0.6 is 12.2 Å². The summed E-state index contributed by atoms with van der Waals surface area (Å²) in [5, 5.41) is 4.40. The predicted molar refractivity (Wildman–Crippen MR) is 142 cm³/mol. The number of fused-ring (bicyclic) bond motifs is 1. The molecule has 0 radical (unpaired) electrons. The Bertz CT molecular complexity index is 1080. The SMILES string of the molecule is CC1=CC(C)(C)N(C)c2ccc([C@@H]3[C@@H](c4ccccn4)NC(=S)N3CCN3CCOCC3)cc21. The van der Waals surface area contributed by atoms with Gasteiger partial charge in [-0.25, -0.2) is 0 Å². The Hall–Kier alpha value is -2.48. The topological polar surface area (TPSA) is 43.9 Å². The molecule has 2 atom stereocenters. The fraction of sp³-hybridized carbons (Fsp3) is 0.481. The van der Waals surface area contributed by atoms with Crippen LogP contribution in [0.1, 0.15) is 49.7 Å². The summed E-state index contributed by atoms with van der Waals surface area (Å²) in [6, 6.07) is 13.1. The number of nitrogens with zero attached hydrogens (tertiary/aromatic N) is 4. The average Bonchev–Trinajstić information content (AvgIpc) is 3.18. The van der Waals surface area contributed by atoms with Gasteiger partial charge in [0.25, 0.3) is 0 Å². The molecule has 6 nitrogen and oxygen atoms in total. The highest BCUT2D eigenvalue weighted by molar-refractivity contribution is 7.80. The van der Waals surface area contributed by atoms with Gasteiger partial charge in [0.2, 0.25) is 0 Å². The van der Waals surface area contributed by atoms with Crippen molar-refractivity contribution in [1.82, 2.24) is 20.1 Å². The van der Waals surface area contributed by atoms with Gasteiger partial charge in [-0.05, 0) is 68.4 Å². The monoisotopic (exact) mass is 477 g/mol. The number of aromatic nitrogens is 1. The fourth-order valence-corrected chi connectivity index (χ4v) is 5.78. The number of pyridine rings is 1. The molecule has 2 saturated heterocycles. The van der Waals surface area contributed by atoms with E-state index in [9.17, 15) is 0 Å². The molecular weight excluding hydrogens is 442 g/mol. The van der Waals surface area contributed by atoms with E-state index in [4.69, 9.17) is 21.9 Å². The molecule has 0 amide bonds. The summed E-state index contributed by atoms with van der Waals surface area (Å²) >= 11 is 5.88. The molecule has 180 valence electrons. The third-order valence-electron chi connectivity index (χ3n) is 7.54. The predicted octanol–water partition coefficient (Wildman–Crippen LogP) is 4.02. The van der Waals surface area contributed by atoms with Crippen LogP contribution in [0.5, 0.6) is 0 Å². The number of morpholine rings is 1. The van der Waals surface area contributed by atoms with E-state index in [0.29, 0.717) is 0 Å². The van der Waals surface area contributed by atoms with Crippen LogP contribution in [0.3, 0.4) is 0 Å². The van der Waals surface area contributed by atoms with Crippen LogP contribution in [-0.4, -0.2) is 71.9 Å². The van der Waals surface area contributed by atoms with Crippen molar-refractivity contribution in [2.75, 3.05) is 51.3 Å². The van der Waals surface area contributed by atoms with Crippen molar-refractivity contribution in [3.8, 4) is 0 Å². The van der Waals surface area contributed by atoms with Crippen molar-refractivity contribution in [1.29, 1.82) is 0 Å². The number of ether oxygens (including phenoxy) is 1. The van der Waals surface area contributed by atoms with Gasteiger partial charge in [0.05, 0.1) is 36.5 Å². The van der Waals surface area contributed by atoms with E-state index in [2.05, 4.69) is 84.2 Å². The van der Waals surface area contributed by atoms with Gasteiger partial charge < -0.3 is 19.9 Å². The van der Waals surface area contributed by atoms with Gasteiger partial charge in [-0.2, -0.15) is 0 Å². The van der Waals surface area contributed by atoms with Crippen molar-refractivity contribution >= 4 is 28.6 Å². The molecule has 5 rings (SSSR count). The molecule has 1 N–H and O–H groups in total. The second-order valence-electron chi connectivity index (χ2n) is 10.1. The minimum Gasteiger partial charge on any atom is -0.379 e. The van der Waals surface area contributed by atoms with Gasteiger partial charge in [-0.1, -0.05) is 18.2 Å². The summed E-state index contributed by atoms with van der Waals surface area (Å²) in [5.74, 6) is 0. The zero-order chi connectivity index (χ0) is 23.9. The summed E-state index contributed by atoms with van der Waals surface area (Å²) in [7, 11) is 2.18. The van der Waals surface area contributed by atoms with Crippen molar-refractivity contribution in [2.24, 2.45) is 0 Å². The average molecular weight is 478 g/mol. The summed E-state index contributed by atoms with van der Waals surface area (Å²) in [4.78, 5) is 11.9. The normalized spacial score (nSPS) is 24.6. The van der Waals surface area contributed by atoms with E-state index in [-0.39, 0.29) is 17.6 Å². The number of hydrogen-bond donors (Lipinski definition) is 1. The molecule has 1 aromatic carbocycles. The number of nitrogens with one attached hydrogen (secondary N) is 1. The molecular formula is C27H35N5OS. The maximum Gasteiger partial charge on any atom is 0.170 e. The van der Waals surface area contributed by atoms with E-state index in [1.54, 1.807) is 0 Å². The van der Waals surface area contributed by atoms with Crippen LogP contribution in [0.25, 0.3) is 5.57 Å². The zero-order valence-corrected chi connectivity index (χ0v) is 21.4. The smallest absolute Gasteiger partial charge is 0.170 e. The summed E-state index contributed by atoms with van der Waals surface area (Å²) in [5.41, 5.74) is 6.18. The molecule has 0 unspecified atom stereocenters. The summed E-state index contributed by atoms with van der Waals surface area (Å²) in [6.07, 6.45) is 4.23. The molecule has 3 aliphatic rings. The third kappa shape index (κ3) is 4.32. The highest BCUT2D eigenvalue weighted by Crippen LogP contribution is 2.43. The Labute approximate surface area is 208 Å². The van der Waals surface area contributed by atoms with Gasteiger partial charge in [-0.3, -0.25) is 9.88 Å². The van der Waals surface area contributed by atoms with Crippen LogP contribution in [0.2, 0.25) is 0 Å². The Morgan fingerprint density at radius 1 is 1.15 bits per heavy atom. The maximum absolute atomic E-state index is 5.88. The minimum absolute atomic E-state index is 0.00420. The number of thiocarbonyl (C=S) groups is 1. The lowest BCUT2D eigenvalue weighted by atomic mass is 9.86. The second kappa shape index (κ2) is 9.29. The lowest BCUT2D eigenvalue weighted by Gasteiger charge is -2.41. The number of hydrogen-bond acceptors (Lipinski definition) is 5. The fourth-order valence-electron chi connectivity index (χ4n) is 5.44. The van der Waals surface area contributed by atoms with E-state index in [1.165, 1.54) is 22.4 Å². The van der Waals surface area contributed by atoms with Gasteiger partial charge in [0.15, 0.2) is 5.11 Å². The van der Waals surface area contributed by atoms with Crippen molar-refractivity contribution in [3.63, 3.8) is 0 Å². The van der Waals surface area contributed by atoms with Gasteiger partial charge in [0, 0.05) is 50.7 Å². The first kappa shape index (κ1) is 23.3. The number of anilines is 1. The molecule has 2 aromatic rings. The quantitative estimate of drug-likeness (QED) is 0.653. The van der Waals surface area contributed by atoms with E-state index >= 15 is 0 Å². The van der Waals surface area contributed by atoms with E-state index in [0.717, 1.165) is 50.2 Å². The molecule has 0 spiro atoms. The lowest BCUT2D eigenvalue weighted by Crippen LogP contribution is -2.43. The van der Waals surface area contributed by atoms with Crippen LogP contribution in [0.4, 0.5) is 5.69 Å². The number of rotatable bonds is 5. The summed E-state index contributed by atoms with van der Waals surface area (Å²) in [6.45, 7) is 12.2. The Morgan fingerprint density at radius 3 is 2.68 bits per heavy atom. The molecule has 0 saturated carbocycles. The molecule has 2 fully saturated rings. The highest BCUT2D eigenvalue weighted by atomic mass is 32.1. The lowest BCUT2D eigenvalue weighted by molar-refractivity contribution is 0.0350. The van der Waals surface area contributed by atoms with E-state index < -0.39 is 0 Å². The first-order chi connectivity index (χ1) is 16.3. The first-order valence-electron chi connectivity index (χ1n) is 12.2. The molecule has 34 heavy (non-hydrogen) atoms. The van der Waals surface area contributed by atoms with E-state index in [1.807, 2.05) is 12.3 Å². The highest BCUT2D eigenvalue weighted by Gasteiger charge is 2.40. The summed E-state index contributed by atoms with van der Waals surface area (Å²) < 4.78 is 5.53. The van der Waals surface area contributed by atoms with Crippen molar-refractivity contribution < 1.29 is 4.74 Å². The molecule has 3 aliphatic heterocycles. The third-order valence-corrected chi connectivity index (χ3v) is 7.89. The number of allylic oxidation sites excluding steroid dienone is 1.